The van der Waals surface area contributed by atoms with Gasteiger partial charge in [-0.3, -0.25) is 4.79 Å². The van der Waals surface area contributed by atoms with Gasteiger partial charge in [0.2, 0.25) is 5.91 Å². The Bertz CT molecular complexity index is 232. The summed E-state index contributed by atoms with van der Waals surface area (Å²) in [5.74, 6) is 0.132. The van der Waals surface area contributed by atoms with E-state index in [1.54, 1.807) is 7.11 Å². The Kier molecular flexibility index (Phi) is 5.92. The lowest BCUT2D eigenvalue weighted by molar-refractivity contribution is -0.131. The van der Waals surface area contributed by atoms with Gasteiger partial charge in [0, 0.05) is 13.7 Å². The maximum Gasteiger partial charge on any atom is 0.227 e. The molecule has 0 bridgehead atoms. The van der Waals surface area contributed by atoms with E-state index in [2.05, 4.69) is 12.2 Å². The van der Waals surface area contributed by atoms with Crippen LogP contribution in [0.2, 0.25) is 0 Å². The second kappa shape index (κ2) is 6.97. The maximum atomic E-state index is 12.3. The Morgan fingerprint density at radius 2 is 2.12 bits per heavy atom. The number of hydrogen-bond acceptors (Lipinski definition) is 3. The topological polar surface area (TPSA) is 64.3 Å². The molecule has 0 radical (unpaired) electrons. The SMILES string of the molecule is CCCC(COC)NC(=O)C1(CN)CCCC1. The normalized spacial score (nSPS) is 20.2. The number of nitrogens with one attached hydrogen (secondary N) is 1. The van der Waals surface area contributed by atoms with E-state index in [-0.39, 0.29) is 17.4 Å². The number of nitrogens with two attached hydrogens (primary N) is 1. The van der Waals surface area contributed by atoms with Gasteiger partial charge in [0.05, 0.1) is 18.1 Å². The van der Waals surface area contributed by atoms with Crippen molar-refractivity contribution in [1.29, 1.82) is 0 Å². The molecule has 3 N–H and O–H groups in total. The number of carbonyl (C=O) groups is 1. The molecule has 0 aromatic heterocycles. The number of ether oxygens (including phenoxy) is 1. The van der Waals surface area contributed by atoms with Crippen molar-refractivity contribution in [3.8, 4) is 0 Å². The molecule has 1 fully saturated rings. The Labute approximate surface area is 104 Å². The smallest absolute Gasteiger partial charge is 0.227 e. The summed E-state index contributed by atoms with van der Waals surface area (Å²) in [6.45, 7) is 3.16. The van der Waals surface area contributed by atoms with Crippen LogP contribution in [-0.2, 0) is 9.53 Å². The van der Waals surface area contributed by atoms with Gasteiger partial charge < -0.3 is 15.8 Å². The third-order valence-electron chi connectivity index (χ3n) is 3.77. The number of methoxy groups -OCH3 is 1. The first-order valence-electron chi connectivity index (χ1n) is 6.68. The number of hydrogen-bond donors (Lipinski definition) is 2. The third kappa shape index (κ3) is 3.68. The van der Waals surface area contributed by atoms with Crippen LogP contribution < -0.4 is 11.1 Å². The maximum absolute atomic E-state index is 12.3. The molecular weight excluding hydrogens is 216 g/mol. The third-order valence-corrected chi connectivity index (χ3v) is 3.77. The summed E-state index contributed by atoms with van der Waals surface area (Å²) in [6.07, 6.45) is 6.10. The van der Waals surface area contributed by atoms with Crippen molar-refractivity contribution < 1.29 is 9.53 Å². The lowest BCUT2D eigenvalue weighted by Gasteiger charge is -2.28. The van der Waals surface area contributed by atoms with E-state index < -0.39 is 0 Å². The fraction of sp³-hybridized carbons (Fsp3) is 0.923. The summed E-state index contributed by atoms with van der Waals surface area (Å²) >= 11 is 0. The zero-order valence-corrected chi connectivity index (χ0v) is 11.1. The molecule has 1 rings (SSSR count). The molecule has 0 heterocycles. The highest BCUT2D eigenvalue weighted by Crippen LogP contribution is 2.37. The van der Waals surface area contributed by atoms with Crippen molar-refractivity contribution in [1.82, 2.24) is 5.32 Å². The summed E-state index contributed by atoms with van der Waals surface area (Å²) in [5.41, 5.74) is 5.50. The van der Waals surface area contributed by atoms with Crippen molar-refractivity contribution in [2.24, 2.45) is 11.1 Å². The molecule has 1 aliphatic carbocycles. The molecular formula is C13H26N2O2. The van der Waals surface area contributed by atoms with E-state index in [1.165, 1.54) is 0 Å². The van der Waals surface area contributed by atoms with Gasteiger partial charge >= 0.3 is 0 Å². The summed E-state index contributed by atoms with van der Waals surface area (Å²) in [6, 6.07) is 0.126. The highest BCUT2D eigenvalue weighted by atomic mass is 16.5. The van der Waals surface area contributed by atoms with Crippen molar-refractivity contribution in [3.63, 3.8) is 0 Å². The lowest BCUT2D eigenvalue weighted by Crippen LogP contribution is -2.49. The molecule has 4 heteroatoms. The van der Waals surface area contributed by atoms with Crippen LogP contribution in [0, 0.1) is 5.41 Å². The van der Waals surface area contributed by atoms with Gasteiger partial charge in [-0.2, -0.15) is 0 Å². The van der Waals surface area contributed by atoms with Crippen LogP contribution in [0.15, 0.2) is 0 Å². The van der Waals surface area contributed by atoms with Gasteiger partial charge in [-0.25, -0.2) is 0 Å². The second-order valence-corrected chi connectivity index (χ2v) is 5.11. The van der Waals surface area contributed by atoms with Gasteiger partial charge in [-0.05, 0) is 19.3 Å². The molecule has 100 valence electrons. The standard InChI is InChI=1S/C13H26N2O2/c1-3-6-11(9-17-2)15-12(16)13(10-14)7-4-5-8-13/h11H,3-10,14H2,1-2H3,(H,15,16). The molecule has 1 saturated carbocycles. The van der Waals surface area contributed by atoms with E-state index in [9.17, 15) is 4.79 Å². The summed E-state index contributed by atoms with van der Waals surface area (Å²) < 4.78 is 5.14. The van der Waals surface area contributed by atoms with Gasteiger partial charge in [-0.1, -0.05) is 26.2 Å². The Balaban J connectivity index is 2.55. The van der Waals surface area contributed by atoms with Crippen molar-refractivity contribution >= 4 is 5.91 Å². The summed E-state index contributed by atoms with van der Waals surface area (Å²) in [7, 11) is 1.67. The van der Waals surface area contributed by atoms with Gasteiger partial charge in [0.1, 0.15) is 0 Å². The van der Waals surface area contributed by atoms with E-state index in [4.69, 9.17) is 10.5 Å². The fourth-order valence-corrected chi connectivity index (χ4v) is 2.66. The second-order valence-electron chi connectivity index (χ2n) is 5.11. The van der Waals surface area contributed by atoms with Gasteiger partial charge in [-0.15, -0.1) is 0 Å². The predicted molar refractivity (Wildman–Crippen MR) is 68.7 cm³/mol. The van der Waals surface area contributed by atoms with E-state index in [1.807, 2.05) is 0 Å². The van der Waals surface area contributed by atoms with Crippen LogP contribution in [0.25, 0.3) is 0 Å². The van der Waals surface area contributed by atoms with Crippen molar-refractivity contribution in [3.05, 3.63) is 0 Å². The van der Waals surface area contributed by atoms with E-state index in [0.29, 0.717) is 13.2 Å². The first-order chi connectivity index (χ1) is 8.18. The molecule has 1 amide bonds. The highest BCUT2D eigenvalue weighted by Gasteiger charge is 2.40. The molecule has 0 saturated heterocycles. The predicted octanol–water partition coefficient (Wildman–Crippen LogP) is 1.44. The van der Waals surface area contributed by atoms with Crippen LogP contribution in [-0.4, -0.2) is 32.2 Å². The molecule has 0 aromatic rings. The first kappa shape index (κ1) is 14.5. The largest absolute Gasteiger partial charge is 0.383 e. The van der Waals surface area contributed by atoms with Gasteiger partial charge in [0.25, 0.3) is 0 Å². The average molecular weight is 242 g/mol. The minimum atomic E-state index is -0.306. The lowest BCUT2D eigenvalue weighted by atomic mass is 9.85. The number of carbonyl (C=O) groups excluding carboxylic acids is 1. The quantitative estimate of drug-likeness (QED) is 0.710. The van der Waals surface area contributed by atoms with Crippen LogP contribution >= 0.6 is 0 Å². The van der Waals surface area contributed by atoms with E-state index in [0.717, 1.165) is 38.5 Å². The molecule has 0 spiro atoms. The zero-order valence-electron chi connectivity index (χ0n) is 11.1. The number of rotatable bonds is 7. The van der Waals surface area contributed by atoms with E-state index >= 15 is 0 Å². The first-order valence-corrected chi connectivity index (χ1v) is 6.68. The molecule has 17 heavy (non-hydrogen) atoms. The minimum absolute atomic E-state index is 0.126. The summed E-state index contributed by atoms with van der Waals surface area (Å²) in [4.78, 5) is 12.3. The Morgan fingerprint density at radius 1 is 1.47 bits per heavy atom. The Morgan fingerprint density at radius 3 is 2.59 bits per heavy atom. The monoisotopic (exact) mass is 242 g/mol. The molecule has 1 atom stereocenters. The molecule has 1 unspecified atom stereocenters. The number of amides is 1. The molecule has 4 nitrogen and oxygen atoms in total. The molecule has 1 aliphatic rings. The molecule has 0 aromatic carbocycles. The zero-order chi connectivity index (χ0) is 12.7. The van der Waals surface area contributed by atoms with Crippen LogP contribution in [0.3, 0.4) is 0 Å². The van der Waals surface area contributed by atoms with Gasteiger partial charge in [0.15, 0.2) is 0 Å². The Hall–Kier alpha value is -0.610. The van der Waals surface area contributed by atoms with Crippen LogP contribution in [0.4, 0.5) is 0 Å². The van der Waals surface area contributed by atoms with Crippen LogP contribution in [0.1, 0.15) is 45.4 Å². The van der Waals surface area contributed by atoms with Crippen molar-refractivity contribution in [2.45, 2.75) is 51.5 Å². The van der Waals surface area contributed by atoms with Crippen LogP contribution in [0.5, 0.6) is 0 Å². The van der Waals surface area contributed by atoms with Crippen molar-refractivity contribution in [2.75, 3.05) is 20.3 Å². The fourth-order valence-electron chi connectivity index (χ4n) is 2.66. The highest BCUT2D eigenvalue weighted by molar-refractivity contribution is 5.83. The molecule has 0 aliphatic heterocycles. The summed E-state index contributed by atoms with van der Waals surface area (Å²) in [5, 5.41) is 3.11. The minimum Gasteiger partial charge on any atom is -0.383 e. The average Bonchev–Trinajstić information content (AvgIpc) is 2.79.